The van der Waals surface area contributed by atoms with Crippen molar-refractivity contribution in [1.29, 1.82) is 5.26 Å². The number of ether oxygens (including phenoxy) is 1. The summed E-state index contributed by atoms with van der Waals surface area (Å²) in [6, 6.07) is 10.5. The van der Waals surface area contributed by atoms with Gasteiger partial charge in [-0.05, 0) is 44.0 Å². The van der Waals surface area contributed by atoms with Crippen LogP contribution in [-0.2, 0) is 6.42 Å². The zero-order valence-corrected chi connectivity index (χ0v) is 10.2. The van der Waals surface area contributed by atoms with Gasteiger partial charge in [-0.3, -0.25) is 0 Å². The first-order chi connectivity index (χ1) is 8.29. The van der Waals surface area contributed by atoms with E-state index in [1.165, 1.54) is 0 Å². The van der Waals surface area contributed by atoms with E-state index in [0.717, 1.165) is 43.7 Å². The lowest BCUT2D eigenvalue weighted by molar-refractivity contribution is 0.276. The molecule has 0 atom stereocenters. The fourth-order valence-electron chi connectivity index (χ4n) is 2.45. The molecule has 0 amide bonds. The molecule has 17 heavy (non-hydrogen) atoms. The topological polar surface area (TPSA) is 45.0 Å². The number of nitrogens with one attached hydrogen (secondary N) is 1. The van der Waals surface area contributed by atoms with Gasteiger partial charge in [0.1, 0.15) is 5.75 Å². The third-order valence-electron chi connectivity index (χ3n) is 3.52. The molecule has 1 aliphatic heterocycles. The lowest BCUT2D eigenvalue weighted by Gasteiger charge is -2.31. The minimum absolute atomic E-state index is 0.222. The Morgan fingerprint density at radius 3 is 2.71 bits per heavy atom. The number of piperidine rings is 1. The van der Waals surface area contributed by atoms with Crippen molar-refractivity contribution in [3.63, 3.8) is 0 Å². The summed E-state index contributed by atoms with van der Waals surface area (Å²) in [4.78, 5) is 0. The second-order valence-corrected chi connectivity index (χ2v) is 4.63. The largest absolute Gasteiger partial charge is 0.496 e. The van der Waals surface area contributed by atoms with E-state index >= 15 is 0 Å². The lowest BCUT2D eigenvalue weighted by Crippen LogP contribution is -2.37. The molecule has 3 heteroatoms. The van der Waals surface area contributed by atoms with E-state index in [1.54, 1.807) is 7.11 Å². The molecule has 1 saturated heterocycles. The van der Waals surface area contributed by atoms with E-state index in [4.69, 9.17) is 4.74 Å². The van der Waals surface area contributed by atoms with Crippen LogP contribution < -0.4 is 10.1 Å². The molecule has 1 aromatic carbocycles. The van der Waals surface area contributed by atoms with Crippen LogP contribution in [0.4, 0.5) is 0 Å². The molecule has 1 aliphatic rings. The molecule has 0 spiro atoms. The first-order valence-corrected chi connectivity index (χ1v) is 6.03. The number of para-hydroxylation sites is 1. The number of hydrogen-bond donors (Lipinski definition) is 1. The predicted octanol–water partition coefficient (Wildman–Crippen LogP) is 2.13. The Bertz CT molecular complexity index is 416. The maximum atomic E-state index is 9.45. The molecule has 2 rings (SSSR count). The zero-order valence-electron chi connectivity index (χ0n) is 10.2. The molecule has 0 aromatic heterocycles. The number of nitriles is 1. The van der Waals surface area contributed by atoms with Gasteiger partial charge in [0.25, 0.3) is 0 Å². The maximum absolute atomic E-state index is 9.45. The van der Waals surface area contributed by atoms with E-state index < -0.39 is 0 Å². The van der Waals surface area contributed by atoms with Crippen LogP contribution in [0.15, 0.2) is 24.3 Å². The van der Waals surface area contributed by atoms with Crippen molar-refractivity contribution in [3.8, 4) is 11.8 Å². The number of nitrogens with zero attached hydrogens (tertiary/aromatic N) is 1. The van der Waals surface area contributed by atoms with E-state index in [-0.39, 0.29) is 5.41 Å². The van der Waals surface area contributed by atoms with Crippen LogP contribution in [0.3, 0.4) is 0 Å². The Labute approximate surface area is 102 Å². The molecule has 0 unspecified atom stereocenters. The van der Waals surface area contributed by atoms with Crippen molar-refractivity contribution >= 4 is 0 Å². The fourth-order valence-corrected chi connectivity index (χ4v) is 2.45. The van der Waals surface area contributed by atoms with Gasteiger partial charge >= 0.3 is 0 Å². The minimum Gasteiger partial charge on any atom is -0.496 e. The van der Waals surface area contributed by atoms with Crippen LogP contribution >= 0.6 is 0 Å². The minimum atomic E-state index is -0.222. The summed E-state index contributed by atoms with van der Waals surface area (Å²) in [5.41, 5.74) is 0.915. The van der Waals surface area contributed by atoms with Crippen LogP contribution in [-0.4, -0.2) is 20.2 Å². The fraction of sp³-hybridized carbons (Fsp3) is 0.500. The Morgan fingerprint density at radius 1 is 1.35 bits per heavy atom. The molecule has 0 radical (unpaired) electrons. The smallest absolute Gasteiger partial charge is 0.122 e. The highest BCUT2D eigenvalue weighted by Gasteiger charge is 2.32. The molecule has 1 fully saturated rings. The Hall–Kier alpha value is -1.53. The molecule has 0 saturated carbocycles. The van der Waals surface area contributed by atoms with Crippen molar-refractivity contribution in [2.45, 2.75) is 19.3 Å². The summed E-state index contributed by atoms with van der Waals surface area (Å²) >= 11 is 0. The predicted molar refractivity (Wildman–Crippen MR) is 66.8 cm³/mol. The monoisotopic (exact) mass is 230 g/mol. The van der Waals surface area contributed by atoms with Crippen LogP contribution in [0.1, 0.15) is 18.4 Å². The number of hydrogen-bond acceptors (Lipinski definition) is 3. The van der Waals surface area contributed by atoms with Gasteiger partial charge in [-0.15, -0.1) is 0 Å². The van der Waals surface area contributed by atoms with Gasteiger partial charge in [-0.1, -0.05) is 18.2 Å². The molecular weight excluding hydrogens is 212 g/mol. The van der Waals surface area contributed by atoms with E-state index in [2.05, 4.69) is 17.5 Å². The molecule has 0 aliphatic carbocycles. The van der Waals surface area contributed by atoms with Crippen molar-refractivity contribution in [2.75, 3.05) is 20.2 Å². The van der Waals surface area contributed by atoms with Crippen LogP contribution in [0.25, 0.3) is 0 Å². The van der Waals surface area contributed by atoms with Gasteiger partial charge in [0.15, 0.2) is 0 Å². The SMILES string of the molecule is COc1ccccc1CC1(C#N)CCNCC1. The third kappa shape index (κ3) is 2.59. The summed E-state index contributed by atoms with van der Waals surface area (Å²) in [5.74, 6) is 0.889. The summed E-state index contributed by atoms with van der Waals surface area (Å²) in [6.07, 6.45) is 2.62. The van der Waals surface area contributed by atoms with E-state index in [9.17, 15) is 5.26 Å². The summed E-state index contributed by atoms with van der Waals surface area (Å²) in [6.45, 7) is 1.87. The molecule has 3 nitrogen and oxygen atoms in total. The number of methoxy groups -OCH3 is 1. The molecule has 1 N–H and O–H groups in total. The molecule has 1 heterocycles. The van der Waals surface area contributed by atoms with Gasteiger partial charge in [0.2, 0.25) is 0 Å². The third-order valence-corrected chi connectivity index (χ3v) is 3.52. The summed E-state index contributed by atoms with van der Waals surface area (Å²) < 4.78 is 5.35. The second kappa shape index (κ2) is 5.20. The Balaban J connectivity index is 2.21. The van der Waals surface area contributed by atoms with Crippen molar-refractivity contribution in [1.82, 2.24) is 5.32 Å². The quantitative estimate of drug-likeness (QED) is 0.865. The molecule has 0 bridgehead atoms. The first-order valence-electron chi connectivity index (χ1n) is 6.03. The van der Waals surface area contributed by atoms with Crippen molar-refractivity contribution in [3.05, 3.63) is 29.8 Å². The standard InChI is InChI=1S/C14H18N2O/c1-17-13-5-3-2-4-12(13)10-14(11-15)6-8-16-9-7-14/h2-5,16H,6-10H2,1H3. The normalized spacial score (nSPS) is 18.4. The Morgan fingerprint density at radius 2 is 2.06 bits per heavy atom. The summed E-state index contributed by atoms with van der Waals surface area (Å²) in [7, 11) is 1.68. The maximum Gasteiger partial charge on any atom is 0.122 e. The van der Waals surface area contributed by atoms with E-state index in [1.807, 2.05) is 18.2 Å². The molecule has 1 aromatic rings. The number of benzene rings is 1. The van der Waals surface area contributed by atoms with Crippen molar-refractivity contribution < 1.29 is 4.74 Å². The molecular formula is C14H18N2O. The van der Waals surface area contributed by atoms with Crippen LogP contribution in [0, 0.1) is 16.7 Å². The van der Waals surface area contributed by atoms with Crippen LogP contribution in [0.2, 0.25) is 0 Å². The Kier molecular flexibility index (Phi) is 3.65. The average Bonchev–Trinajstić information content (AvgIpc) is 2.40. The van der Waals surface area contributed by atoms with Gasteiger partial charge in [0, 0.05) is 0 Å². The highest BCUT2D eigenvalue weighted by Crippen LogP contribution is 2.34. The van der Waals surface area contributed by atoms with Gasteiger partial charge in [-0.25, -0.2) is 0 Å². The first kappa shape index (κ1) is 11.9. The molecule has 90 valence electrons. The van der Waals surface area contributed by atoms with Crippen molar-refractivity contribution in [2.24, 2.45) is 5.41 Å². The zero-order chi connectivity index (χ0) is 12.1. The van der Waals surface area contributed by atoms with Crippen LogP contribution in [0.5, 0.6) is 5.75 Å². The van der Waals surface area contributed by atoms with E-state index in [0.29, 0.717) is 0 Å². The second-order valence-electron chi connectivity index (χ2n) is 4.63. The summed E-state index contributed by atoms with van der Waals surface area (Å²) in [5, 5.41) is 12.8. The van der Waals surface area contributed by atoms with Gasteiger partial charge in [-0.2, -0.15) is 5.26 Å². The number of rotatable bonds is 3. The van der Waals surface area contributed by atoms with Gasteiger partial charge < -0.3 is 10.1 Å². The van der Waals surface area contributed by atoms with Gasteiger partial charge in [0.05, 0.1) is 18.6 Å². The highest BCUT2D eigenvalue weighted by atomic mass is 16.5. The highest BCUT2D eigenvalue weighted by molar-refractivity contribution is 5.35. The lowest BCUT2D eigenvalue weighted by atomic mass is 9.75. The average molecular weight is 230 g/mol.